The summed E-state index contributed by atoms with van der Waals surface area (Å²) in [7, 11) is 0. The Bertz CT molecular complexity index is 1240. The first-order chi connectivity index (χ1) is 13.9. The minimum atomic E-state index is 0.698. The van der Waals surface area contributed by atoms with Gasteiger partial charge in [-0.2, -0.15) is 0 Å². The number of aryl methyl sites for hydroxylation is 1. The summed E-state index contributed by atoms with van der Waals surface area (Å²) in [6, 6.07) is 18.6. The number of hydrogen-bond acceptors (Lipinski definition) is 4. The second-order valence-corrected chi connectivity index (χ2v) is 6.90. The normalized spacial score (nSPS) is 11.3. The maximum Gasteiger partial charge on any atom is 0.225 e. The van der Waals surface area contributed by atoms with Crippen LogP contribution in [0.5, 0.6) is 0 Å². The van der Waals surface area contributed by atoms with Crippen molar-refractivity contribution in [3.8, 4) is 11.3 Å². The van der Waals surface area contributed by atoms with E-state index in [4.69, 9.17) is 4.52 Å². The van der Waals surface area contributed by atoms with Crippen molar-refractivity contribution in [2.75, 3.05) is 11.9 Å². The van der Waals surface area contributed by atoms with Crippen LogP contribution >= 0.6 is 0 Å². The molecular weight excluding hydrogens is 348 g/mol. The van der Waals surface area contributed by atoms with Crippen LogP contribution in [0.3, 0.4) is 0 Å². The number of nitrogens with one attached hydrogen (secondary N) is 2. The molecule has 5 aromatic rings. The van der Waals surface area contributed by atoms with E-state index in [-0.39, 0.29) is 0 Å². The topological polar surface area (TPSA) is 66.7 Å². The summed E-state index contributed by atoms with van der Waals surface area (Å²) in [4.78, 5) is 7.48. The second-order valence-electron chi connectivity index (χ2n) is 6.90. The molecule has 2 N–H and O–H groups in total. The van der Waals surface area contributed by atoms with Gasteiger partial charge in [-0.15, -0.1) is 0 Å². The summed E-state index contributed by atoms with van der Waals surface area (Å²) < 4.78 is 5.46. The van der Waals surface area contributed by atoms with Crippen molar-refractivity contribution in [3.63, 3.8) is 0 Å². The van der Waals surface area contributed by atoms with Crippen LogP contribution in [-0.2, 0) is 6.42 Å². The number of hydrogen-bond donors (Lipinski definition) is 2. The Morgan fingerprint density at radius 2 is 1.96 bits per heavy atom. The van der Waals surface area contributed by atoms with Crippen LogP contribution in [0.1, 0.15) is 12.0 Å². The van der Waals surface area contributed by atoms with Gasteiger partial charge in [-0.1, -0.05) is 35.5 Å². The number of benzene rings is 2. The number of rotatable bonds is 6. The third-order valence-electron chi connectivity index (χ3n) is 5.04. The molecule has 2 aromatic carbocycles. The average Bonchev–Trinajstić information content (AvgIpc) is 3.38. The number of H-pyrrole nitrogens is 1. The fourth-order valence-corrected chi connectivity index (χ4v) is 3.57. The molecule has 0 saturated heterocycles. The fourth-order valence-electron chi connectivity index (χ4n) is 3.57. The lowest BCUT2D eigenvalue weighted by Crippen LogP contribution is -2.01. The van der Waals surface area contributed by atoms with Gasteiger partial charge in [0.15, 0.2) is 0 Å². The zero-order valence-electron chi connectivity index (χ0n) is 15.4. The molecule has 3 heterocycles. The predicted molar refractivity (Wildman–Crippen MR) is 112 cm³/mol. The summed E-state index contributed by atoms with van der Waals surface area (Å²) in [5, 5.41) is 11.1. The minimum absolute atomic E-state index is 0.698. The van der Waals surface area contributed by atoms with E-state index in [0.717, 1.165) is 41.4 Å². The summed E-state index contributed by atoms with van der Waals surface area (Å²) in [5.41, 5.74) is 4.41. The number of nitrogens with zero attached hydrogens (tertiary/aromatic N) is 2. The third-order valence-corrected chi connectivity index (χ3v) is 5.04. The molecule has 0 amide bonds. The lowest BCUT2D eigenvalue weighted by Gasteiger charge is -2.02. The number of fused-ring (bicyclic) bond motifs is 2. The smallest absolute Gasteiger partial charge is 0.225 e. The predicted octanol–water partition coefficient (Wildman–Crippen LogP) is 5.42. The van der Waals surface area contributed by atoms with Crippen LogP contribution in [0.4, 0.5) is 5.88 Å². The van der Waals surface area contributed by atoms with Crippen LogP contribution in [0.25, 0.3) is 32.9 Å². The number of pyridine rings is 1. The standard InChI is InChI=1S/C23H20N4O/c1-2-6-21-20(5-1)19(15-26-21)4-3-10-25-23-13-22(27-28-23)17-7-8-18-14-24-11-9-16(18)12-17/h1-2,5-9,11-15,25-26H,3-4,10H2. The Balaban J connectivity index is 1.21. The Kier molecular flexibility index (Phi) is 4.26. The molecule has 0 fully saturated rings. The van der Waals surface area contributed by atoms with Crippen LogP contribution in [0.2, 0.25) is 0 Å². The van der Waals surface area contributed by atoms with Gasteiger partial charge in [-0.05, 0) is 42.0 Å². The molecule has 0 aliphatic rings. The zero-order valence-corrected chi connectivity index (χ0v) is 15.4. The highest BCUT2D eigenvalue weighted by Crippen LogP contribution is 2.25. The van der Waals surface area contributed by atoms with Crippen molar-refractivity contribution in [2.45, 2.75) is 12.8 Å². The van der Waals surface area contributed by atoms with Crippen LogP contribution in [0.15, 0.2) is 77.7 Å². The van der Waals surface area contributed by atoms with Gasteiger partial charge in [-0.25, -0.2) is 0 Å². The molecule has 5 heteroatoms. The zero-order chi connectivity index (χ0) is 18.8. The lowest BCUT2D eigenvalue weighted by atomic mass is 10.1. The van der Waals surface area contributed by atoms with E-state index in [1.807, 2.05) is 24.4 Å². The Labute approximate surface area is 162 Å². The van der Waals surface area contributed by atoms with Crippen molar-refractivity contribution in [3.05, 3.63) is 78.8 Å². The summed E-state index contributed by atoms with van der Waals surface area (Å²) >= 11 is 0. The minimum Gasteiger partial charge on any atom is -0.361 e. The highest BCUT2D eigenvalue weighted by Gasteiger charge is 2.08. The molecule has 0 spiro atoms. The van der Waals surface area contributed by atoms with Gasteiger partial charge in [0, 0.05) is 53.1 Å². The van der Waals surface area contributed by atoms with E-state index in [1.165, 1.54) is 16.5 Å². The first-order valence-electron chi connectivity index (χ1n) is 9.46. The SMILES string of the molecule is c1ccc2c(CCCNc3cc(-c4ccc5cnccc5c4)no3)c[nH]c2c1. The van der Waals surface area contributed by atoms with E-state index < -0.39 is 0 Å². The Morgan fingerprint density at radius 1 is 1.00 bits per heavy atom. The van der Waals surface area contributed by atoms with Crippen LogP contribution in [0, 0.1) is 0 Å². The maximum atomic E-state index is 5.46. The molecular formula is C23H20N4O. The molecule has 0 aliphatic carbocycles. The van der Waals surface area contributed by atoms with Gasteiger partial charge in [-0.3, -0.25) is 4.98 Å². The molecule has 0 unspecified atom stereocenters. The number of aromatic amines is 1. The average molecular weight is 368 g/mol. The van der Waals surface area contributed by atoms with Crippen molar-refractivity contribution in [2.24, 2.45) is 0 Å². The van der Waals surface area contributed by atoms with Crippen molar-refractivity contribution in [1.82, 2.24) is 15.1 Å². The molecule has 0 saturated carbocycles. The Hall–Kier alpha value is -3.60. The molecule has 28 heavy (non-hydrogen) atoms. The molecule has 0 bridgehead atoms. The third kappa shape index (κ3) is 3.22. The van der Waals surface area contributed by atoms with E-state index in [0.29, 0.717) is 5.88 Å². The highest BCUT2D eigenvalue weighted by atomic mass is 16.5. The molecule has 0 atom stereocenters. The number of anilines is 1. The van der Waals surface area contributed by atoms with E-state index in [1.54, 1.807) is 6.20 Å². The Morgan fingerprint density at radius 3 is 2.96 bits per heavy atom. The van der Waals surface area contributed by atoms with E-state index in [2.05, 4.69) is 63.0 Å². The number of aromatic nitrogens is 3. The molecule has 3 aromatic heterocycles. The van der Waals surface area contributed by atoms with E-state index >= 15 is 0 Å². The lowest BCUT2D eigenvalue weighted by molar-refractivity contribution is 0.434. The first-order valence-corrected chi connectivity index (χ1v) is 9.46. The van der Waals surface area contributed by atoms with Gasteiger partial charge >= 0.3 is 0 Å². The summed E-state index contributed by atoms with van der Waals surface area (Å²) in [5.74, 6) is 0.698. The molecule has 138 valence electrons. The largest absolute Gasteiger partial charge is 0.361 e. The summed E-state index contributed by atoms with van der Waals surface area (Å²) in [6.07, 6.45) is 7.79. The van der Waals surface area contributed by atoms with Crippen molar-refractivity contribution in [1.29, 1.82) is 0 Å². The van der Waals surface area contributed by atoms with Crippen molar-refractivity contribution < 1.29 is 4.52 Å². The first kappa shape index (κ1) is 16.6. The monoisotopic (exact) mass is 368 g/mol. The van der Waals surface area contributed by atoms with Crippen LogP contribution < -0.4 is 5.32 Å². The fraction of sp³-hybridized carbons (Fsp3) is 0.130. The molecule has 0 radical (unpaired) electrons. The van der Waals surface area contributed by atoms with Crippen molar-refractivity contribution >= 4 is 27.6 Å². The summed E-state index contributed by atoms with van der Waals surface area (Å²) in [6.45, 7) is 0.831. The molecule has 0 aliphatic heterocycles. The maximum absolute atomic E-state index is 5.46. The molecule has 5 nitrogen and oxygen atoms in total. The highest BCUT2D eigenvalue weighted by molar-refractivity contribution is 5.86. The van der Waals surface area contributed by atoms with Gasteiger partial charge in [0.05, 0.1) is 0 Å². The van der Waals surface area contributed by atoms with Gasteiger partial charge in [0.1, 0.15) is 5.69 Å². The van der Waals surface area contributed by atoms with Gasteiger partial charge in [0.2, 0.25) is 5.88 Å². The van der Waals surface area contributed by atoms with Gasteiger partial charge < -0.3 is 14.8 Å². The number of para-hydroxylation sites is 1. The second kappa shape index (κ2) is 7.19. The van der Waals surface area contributed by atoms with Gasteiger partial charge in [0.25, 0.3) is 0 Å². The molecule has 5 rings (SSSR count). The quantitative estimate of drug-likeness (QED) is 0.393. The van der Waals surface area contributed by atoms with Crippen LogP contribution in [-0.4, -0.2) is 21.7 Å². The van der Waals surface area contributed by atoms with E-state index in [9.17, 15) is 0 Å².